The number of fused-ring (bicyclic) bond motifs is 1. The lowest BCUT2D eigenvalue weighted by Gasteiger charge is -2.13. The Morgan fingerprint density at radius 2 is 2.24 bits per heavy atom. The molecule has 0 radical (unpaired) electrons. The maximum Gasteiger partial charge on any atom is 0.313 e. The number of aromatic nitrogens is 2. The molecule has 114 valence electrons. The van der Waals surface area contributed by atoms with Crippen molar-refractivity contribution in [2.24, 2.45) is 0 Å². The molecule has 1 N–H and O–H groups in total. The molecule has 2 aromatic rings. The molecule has 0 saturated carbocycles. The third-order valence-electron chi connectivity index (χ3n) is 3.16. The van der Waals surface area contributed by atoms with Crippen molar-refractivity contribution in [3.8, 4) is 0 Å². The first-order valence-corrected chi connectivity index (χ1v) is 8.73. The monoisotopic (exact) mass is 328 g/mol. The molecule has 1 aromatic heterocycles. The van der Waals surface area contributed by atoms with Crippen molar-refractivity contribution in [3.63, 3.8) is 0 Å². The first-order chi connectivity index (χ1) is 9.92. The maximum atomic E-state index is 13.7. The Hall–Kier alpha value is -1.21. The number of hydrogen-bond donors (Lipinski definition) is 1. The highest BCUT2D eigenvalue weighted by Crippen LogP contribution is 2.27. The highest BCUT2D eigenvalue weighted by molar-refractivity contribution is 7.99. The van der Waals surface area contributed by atoms with Gasteiger partial charge in [0.2, 0.25) is 0 Å². The van der Waals surface area contributed by atoms with Crippen LogP contribution < -0.4 is 0 Å². The summed E-state index contributed by atoms with van der Waals surface area (Å²) in [6.07, 6.45) is 2.03. The summed E-state index contributed by atoms with van der Waals surface area (Å²) in [6, 6.07) is 3.19. The van der Waals surface area contributed by atoms with Gasteiger partial charge in [-0.25, -0.2) is 9.37 Å². The lowest BCUT2D eigenvalue weighted by atomic mass is 10.2. The zero-order chi connectivity index (χ0) is 15.6. The predicted octanol–water partition coefficient (Wildman–Crippen LogP) is 3.41. The van der Waals surface area contributed by atoms with E-state index in [0.717, 1.165) is 5.52 Å². The molecule has 0 aliphatic carbocycles. The van der Waals surface area contributed by atoms with Crippen LogP contribution in [0.1, 0.15) is 12.5 Å². The van der Waals surface area contributed by atoms with Crippen LogP contribution in [0.15, 0.2) is 17.3 Å². The topological polar surface area (TPSA) is 55.1 Å². The molecule has 0 amide bonds. The lowest BCUT2D eigenvalue weighted by molar-refractivity contribution is -0.133. The normalized spacial score (nSPS) is 12.8. The number of carboxylic acid groups (broad SMARTS) is 1. The summed E-state index contributed by atoms with van der Waals surface area (Å²) in [5, 5.41) is 9.82. The molecule has 0 bridgehead atoms. The van der Waals surface area contributed by atoms with Gasteiger partial charge in [-0.1, -0.05) is 18.7 Å². The van der Waals surface area contributed by atoms with E-state index < -0.39 is 5.97 Å². The third kappa shape index (κ3) is 3.71. The lowest BCUT2D eigenvalue weighted by Crippen LogP contribution is -2.11. The largest absolute Gasteiger partial charge is 0.481 e. The number of nitrogens with zero attached hydrogens (tertiary/aromatic N) is 2. The Kier molecular flexibility index (Phi) is 5.16. The molecule has 4 nitrogen and oxygen atoms in total. The second kappa shape index (κ2) is 6.70. The van der Waals surface area contributed by atoms with Crippen LogP contribution in [0.5, 0.6) is 0 Å². The molecule has 7 heteroatoms. The Bertz CT molecular complexity index is 673. The number of aliphatic carboxylic acids is 1. The van der Waals surface area contributed by atoms with Crippen LogP contribution in [0.4, 0.5) is 4.39 Å². The minimum Gasteiger partial charge on any atom is -0.481 e. The fourth-order valence-corrected chi connectivity index (χ4v) is 3.01. The van der Waals surface area contributed by atoms with Crippen LogP contribution in [0.2, 0.25) is 0 Å². The van der Waals surface area contributed by atoms with Crippen LogP contribution in [0.3, 0.4) is 0 Å². The summed E-state index contributed by atoms with van der Waals surface area (Å²) in [7, 11) is 0. The van der Waals surface area contributed by atoms with Gasteiger partial charge in [0.25, 0.3) is 0 Å². The molecule has 1 aromatic carbocycles. The number of aryl methyl sites for hydroxylation is 1. The van der Waals surface area contributed by atoms with E-state index in [2.05, 4.69) is 11.9 Å². The van der Waals surface area contributed by atoms with Gasteiger partial charge in [-0.05, 0) is 24.8 Å². The first kappa shape index (κ1) is 16.2. The Balaban J connectivity index is 2.48. The predicted molar refractivity (Wildman–Crippen MR) is 85.8 cm³/mol. The van der Waals surface area contributed by atoms with Gasteiger partial charge in [0.15, 0.2) is 5.16 Å². The maximum absolute atomic E-state index is 13.7. The standard InChI is InChI=1S/C14H17FN2O2S2/c1-8-4-12-11(5-10(8)15)16-14(21-7-13(18)19)17(12)6-9(2)20-3/h4-5,9H,6-7H2,1-3H3,(H,18,19). The summed E-state index contributed by atoms with van der Waals surface area (Å²) in [5.41, 5.74) is 1.98. The summed E-state index contributed by atoms with van der Waals surface area (Å²) < 4.78 is 15.7. The second-order valence-corrected chi connectivity index (χ2v) is 7.04. The van der Waals surface area contributed by atoms with Crippen LogP contribution >= 0.6 is 23.5 Å². The van der Waals surface area contributed by atoms with Gasteiger partial charge in [-0.2, -0.15) is 11.8 Å². The first-order valence-electron chi connectivity index (χ1n) is 6.46. The quantitative estimate of drug-likeness (QED) is 0.824. The highest BCUT2D eigenvalue weighted by Gasteiger charge is 2.16. The van der Waals surface area contributed by atoms with Gasteiger partial charge < -0.3 is 9.67 Å². The number of rotatable bonds is 6. The van der Waals surface area contributed by atoms with Crippen molar-refractivity contribution in [3.05, 3.63) is 23.5 Å². The van der Waals surface area contributed by atoms with Gasteiger partial charge in [0.1, 0.15) is 5.82 Å². The average Bonchev–Trinajstić information content (AvgIpc) is 2.74. The van der Waals surface area contributed by atoms with Gasteiger partial charge in [0.05, 0.1) is 16.8 Å². The summed E-state index contributed by atoms with van der Waals surface area (Å²) in [4.78, 5) is 15.2. The van der Waals surface area contributed by atoms with E-state index in [-0.39, 0.29) is 11.6 Å². The fourth-order valence-electron chi connectivity index (χ4n) is 1.97. The van der Waals surface area contributed by atoms with E-state index in [0.29, 0.717) is 28.0 Å². The van der Waals surface area contributed by atoms with E-state index in [4.69, 9.17) is 5.11 Å². The molecule has 1 atom stereocenters. The van der Waals surface area contributed by atoms with Crippen LogP contribution in [-0.2, 0) is 11.3 Å². The minimum atomic E-state index is -0.890. The summed E-state index contributed by atoms with van der Waals surface area (Å²) in [6.45, 7) is 4.53. The van der Waals surface area contributed by atoms with E-state index >= 15 is 0 Å². The molecule has 2 rings (SSSR count). The van der Waals surface area contributed by atoms with Crippen LogP contribution in [-0.4, -0.2) is 37.9 Å². The van der Waals surface area contributed by atoms with Gasteiger partial charge in [-0.15, -0.1) is 0 Å². The van der Waals surface area contributed by atoms with Crippen molar-refractivity contribution in [2.45, 2.75) is 30.8 Å². The van der Waals surface area contributed by atoms with Crippen molar-refractivity contribution in [1.29, 1.82) is 0 Å². The molecular weight excluding hydrogens is 311 g/mol. The van der Waals surface area contributed by atoms with E-state index in [1.54, 1.807) is 24.8 Å². The SMILES string of the molecule is CSC(C)Cn1c(SCC(=O)O)nc2cc(F)c(C)cc21. The Morgan fingerprint density at radius 3 is 2.86 bits per heavy atom. The number of benzene rings is 1. The minimum absolute atomic E-state index is 0.0571. The fraction of sp³-hybridized carbons (Fsp3) is 0.429. The van der Waals surface area contributed by atoms with E-state index in [1.807, 2.05) is 10.8 Å². The van der Waals surface area contributed by atoms with Gasteiger partial charge in [0, 0.05) is 17.9 Å². The molecule has 0 saturated heterocycles. The van der Waals surface area contributed by atoms with Crippen LogP contribution in [0, 0.1) is 12.7 Å². The Labute approximate surface area is 131 Å². The van der Waals surface area contributed by atoms with Crippen LogP contribution in [0.25, 0.3) is 11.0 Å². The average molecular weight is 328 g/mol. The van der Waals surface area contributed by atoms with Crippen molar-refractivity contribution in [1.82, 2.24) is 9.55 Å². The molecular formula is C14H17FN2O2S2. The summed E-state index contributed by atoms with van der Waals surface area (Å²) in [5.74, 6) is -1.24. The molecule has 1 unspecified atom stereocenters. The van der Waals surface area contributed by atoms with E-state index in [9.17, 15) is 9.18 Å². The number of carboxylic acids is 1. The summed E-state index contributed by atoms with van der Waals surface area (Å²) >= 11 is 2.89. The number of carbonyl (C=O) groups is 1. The molecule has 0 aliphatic heterocycles. The number of thioether (sulfide) groups is 2. The van der Waals surface area contributed by atoms with Gasteiger partial charge >= 0.3 is 5.97 Å². The number of imidazole rings is 1. The number of halogens is 1. The zero-order valence-electron chi connectivity index (χ0n) is 12.1. The Morgan fingerprint density at radius 1 is 1.52 bits per heavy atom. The molecule has 0 spiro atoms. The second-order valence-electron chi connectivity index (χ2n) is 4.82. The third-order valence-corrected chi connectivity index (χ3v) is 5.08. The zero-order valence-corrected chi connectivity index (χ0v) is 13.7. The molecule has 21 heavy (non-hydrogen) atoms. The van der Waals surface area contributed by atoms with Crippen molar-refractivity contribution in [2.75, 3.05) is 12.0 Å². The van der Waals surface area contributed by atoms with Crippen molar-refractivity contribution < 1.29 is 14.3 Å². The molecule has 1 heterocycles. The smallest absolute Gasteiger partial charge is 0.313 e. The number of hydrogen-bond acceptors (Lipinski definition) is 4. The molecule has 0 fully saturated rings. The van der Waals surface area contributed by atoms with Crippen molar-refractivity contribution >= 4 is 40.5 Å². The highest BCUT2D eigenvalue weighted by atomic mass is 32.2. The van der Waals surface area contributed by atoms with E-state index in [1.165, 1.54) is 17.8 Å². The van der Waals surface area contributed by atoms with Gasteiger partial charge in [-0.3, -0.25) is 4.79 Å². The molecule has 0 aliphatic rings.